The molecule has 1 heterocycles. The molecule has 0 saturated carbocycles. The van der Waals surface area contributed by atoms with Crippen molar-refractivity contribution in [2.45, 2.75) is 6.10 Å². The second-order valence-electron chi connectivity index (χ2n) is 5.96. The highest BCUT2D eigenvalue weighted by Gasteiger charge is 2.30. The molecule has 2 aromatic rings. The molecule has 1 fully saturated rings. The molecule has 142 valence electrons. The fraction of sp³-hybridized carbons (Fsp3) is 0.300. The van der Waals surface area contributed by atoms with Crippen LogP contribution in [0.1, 0.15) is 11.7 Å². The molecule has 0 radical (unpaired) electrons. The van der Waals surface area contributed by atoms with E-state index in [1.54, 1.807) is 29.2 Å². The van der Waals surface area contributed by atoms with Crippen molar-refractivity contribution in [3.05, 3.63) is 66.0 Å². The fourth-order valence-corrected chi connectivity index (χ4v) is 2.68. The Labute approximate surface area is 156 Å². The van der Waals surface area contributed by atoms with E-state index in [4.69, 9.17) is 14.2 Å². The molecule has 0 spiro atoms. The SMILES string of the molecule is O=C(COc1ccc(F)cc1)O[C@H](C(=O)N1CCOCC1)c1ccccc1. The Hall–Kier alpha value is -2.93. The van der Waals surface area contributed by atoms with E-state index in [9.17, 15) is 14.0 Å². The van der Waals surface area contributed by atoms with Gasteiger partial charge >= 0.3 is 5.97 Å². The van der Waals surface area contributed by atoms with Crippen LogP contribution < -0.4 is 4.74 Å². The first-order valence-electron chi connectivity index (χ1n) is 8.63. The summed E-state index contributed by atoms with van der Waals surface area (Å²) in [7, 11) is 0. The van der Waals surface area contributed by atoms with Gasteiger partial charge in [-0.3, -0.25) is 4.79 Å². The van der Waals surface area contributed by atoms with Gasteiger partial charge in [-0.15, -0.1) is 0 Å². The van der Waals surface area contributed by atoms with Gasteiger partial charge in [0.1, 0.15) is 11.6 Å². The van der Waals surface area contributed by atoms with E-state index in [-0.39, 0.29) is 12.5 Å². The van der Waals surface area contributed by atoms with Crippen LogP contribution in [0.3, 0.4) is 0 Å². The molecule has 27 heavy (non-hydrogen) atoms. The van der Waals surface area contributed by atoms with Gasteiger partial charge in [-0.05, 0) is 24.3 Å². The summed E-state index contributed by atoms with van der Waals surface area (Å²) >= 11 is 0. The highest BCUT2D eigenvalue weighted by molar-refractivity contribution is 5.85. The minimum absolute atomic E-state index is 0.292. The van der Waals surface area contributed by atoms with Crippen LogP contribution in [0.4, 0.5) is 4.39 Å². The molecule has 2 aromatic carbocycles. The fourth-order valence-electron chi connectivity index (χ4n) is 2.68. The second-order valence-corrected chi connectivity index (χ2v) is 5.96. The predicted molar refractivity (Wildman–Crippen MR) is 94.6 cm³/mol. The minimum Gasteiger partial charge on any atom is -0.482 e. The Kier molecular flexibility index (Phi) is 6.38. The topological polar surface area (TPSA) is 65.1 Å². The third-order valence-electron chi connectivity index (χ3n) is 4.07. The monoisotopic (exact) mass is 373 g/mol. The lowest BCUT2D eigenvalue weighted by atomic mass is 10.1. The zero-order chi connectivity index (χ0) is 19.1. The number of amides is 1. The molecule has 1 aliphatic heterocycles. The summed E-state index contributed by atoms with van der Waals surface area (Å²) in [5.74, 6) is -1.04. The maximum atomic E-state index is 12.9. The highest BCUT2D eigenvalue weighted by atomic mass is 19.1. The summed E-state index contributed by atoms with van der Waals surface area (Å²) in [4.78, 5) is 26.7. The number of hydrogen-bond donors (Lipinski definition) is 0. The van der Waals surface area contributed by atoms with Crippen molar-refractivity contribution in [3.8, 4) is 5.75 Å². The van der Waals surface area contributed by atoms with Crippen LogP contribution in [-0.2, 0) is 19.1 Å². The van der Waals surface area contributed by atoms with Crippen LogP contribution in [0.2, 0.25) is 0 Å². The van der Waals surface area contributed by atoms with Crippen molar-refractivity contribution in [2.24, 2.45) is 0 Å². The molecular weight excluding hydrogens is 353 g/mol. The lowest BCUT2D eigenvalue weighted by molar-refractivity contribution is -0.164. The Morgan fingerprint density at radius 3 is 2.37 bits per heavy atom. The van der Waals surface area contributed by atoms with Crippen LogP contribution in [0.15, 0.2) is 54.6 Å². The van der Waals surface area contributed by atoms with E-state index in [0.29, 0.717) is 37.6 Å². The van der Waals surface area contributed by atoms with Gasteiger partial charge in [0, 0.05) is 18.7 Å². The first-order chi connectivity index (χ1) is 13.1. The molecule has 0 unspecified atom stereocenters. The summed E-state index contributed by atoms with van der Waals surface area (Å²) in [6.07, 6.45) is -1.05. The second kappa shape index (κ2) is 9.14. The maximum Gasteiger partial charge on any atom is 0.345 e. The number of esters is 1. The van der Waals surface area contributed by atoms with Crippen LogP contribution in [0.25, 0.3) is 0 Å². The van der Waals surface area contributed by atoms with Crippen molar-refractivity contribution in [1.29, 1.82) is 0 Å². The summed E-state index contributed by atoms with van der Waals surface area (Å²) < 4.78 is 28.9. The van der Waals surface area contributed by atoms with Crippen molar-refractivity contribution >= 4 is 11.9 Å². The largest absolute Gasteiger partial charge is 0.482 e. The standard InChI is InChI=1S/C20H20FNO5/c21-16-6-8-17(9-7-16)26-14-18(23)27-19(15-4-2-1-3-5-15)20(24)22-10-12-25-13-11-22/h1-9,19H,10-14H2/t19-/m0/s1. The summed E-state index contributed by atoms with van der Waals surface area (Å²) in [5.41, 5.74) is 0.587. The molecule has 0 aliphatic carbocycles. The molecule has 1 amide bonds. The molecule has 1 aliphatic rings. The quantitative estimate of drug-likeness (QED) is 0.728. The van der Waals surface area contributed by atoms with E-state index >= 15 is 0 Å². The normalized spacial score (nSPS) is 15.1. The Balaban J connectivity index is 1.66. The highest BCUT2D eigenvalue weighted by Crippen LogP contribution is 2.21. The smallest absolute Gasteiger partial charge is 0.345 e. The van der Waals surface area contributed by atoms with E-state index in [2.05, 4.69) is 0 Å². The van der Waals surface area contributed by atoms with Crippen molar-refractivity contribution < 1.29 is 28.2 Å². The van der Waals surface area contributed by atoms with Gasteiger partial charge in [-0.25, -0.2) is 9.18 Å². The number of rotatable bonds is 6. The average molecular weight is 373 g/mol. The number of hydrogen-bond acceptors (Lipinski definition) is 5. The van der Waals surface area contributed by atoms with Crippen LogP contribution in [-0.4, -0.2) is 49.7 Å². The van der Waals surface area contributed by atoms with Gasteiger partial charge in [0.2, 0.25) is 6.10 Å². The van der Waals surface area contributed by atoms with E-state index in [0.717, 1.165) is 0 Å². The number of ether oxygens (including phenoxy) is 3. The zero-order valence-electron chi connectivity index (χ0n) is 14.7. The first kappa shape index (κ1) is 18.8. The van der Waals surface area contributed by atoms with Crippen LogP contribution >= 0.6 is 0 Å². The van der Waals surface area contributed by atoms with Gasteiger partial charge in [0.25, 0.3) is 5.91 Å². The Bertz CT molecular complexity index is 760. The molecule has 0 aromatic heterocycles. The van der Waals surface area contributed by atoms with Gasteiger partial charge in [-0.2, -0.15) is 0 Å². The van der Waals surface area contributed by atoms with Crippen molar-refractivity contribution in [2.75, 3.05) is 32.9 Å². The molecular formula is C20H20FNO5. The van der Waals surface area contributed by atoms with Crippen LogP contribution in [0.5, 0.6) is 5.75 Å². The number of morpholine rings is 1. The van der Waals surface area contributed by atoms with Gasteiger partial charge < -0.3 is 19.1 Å². The van der Waals surface area contributed by atoms with E-state index in [1.807, 2.05) is 6.07 Å². The lowest BCUT2D eigenvalue weighted by Crippen LogP contribution is -2.44. The van der Waals surface area contributed by atoms with Crippen molar-refractivity contribution in [1.82, 2.24) is 4.90 Å². The van der Waals surface area contributed by atoms with Crippen molar-refractivity contribution in [3.63, 3.8) is 0 Å². The summed E-state index contributed by atoms with van der Waals surface area (Å²) in [6, 6.07) is 14.1. The van der Waals surface area contributed by atoms with Gasteiger partial charge in [0.05, 0.1) is 13.2 Å². The molecule has 7 heteroatoms. The van der Waals surface area contributed by atoms with E-state index in [1.165, 1.54) is 24.3 Å². The minimum atomic E-state index is -1.05. The molecule has 0 N–H and O–H groups in total. The average Bonchev–Trinajstić information content (AvgIpc) is 2.72. The first-order valence-corrected chi connectivity index (χ1v) is 8.63. The Morgan fingerprint density at radius 1 is 1.04 bits per heavy atom. The predicted octanol–water partition coefficient (Wildman–Crippen LogP) is 2.35. The number of halogens is 1. The number of carbonyl (C=O) groups excluding carboxylic acids is 2. The van der Waals surface area contributed by atoms with Gasteiger partial charge in [0.15, 0.2) is 6.61 Å². The Morgan fingerprint density at radius 2 is 1.70 bits per heavy atom. The molecule has 3 rings (SSSR count). The summed E-state index contributed by atoms with van der Waals surface area (Å²) in [5, 5.41) is 0. The molecule has 0 bridgehead atoms. The number of nitrogens with zero attached hydrogens (tertiary/aromatic N) is 1. The molecule has 1 atom stereocenters. The van der Waals surface area contributed by atoms with E-state index < -0.39 is 17.9 Å². The van der Waals surface area contributed by atoms with Gasteiger partial charge in [-0.1, -0.05) is 30.3 Å². The third kappa shape index (κ3) is 5.27. The number of benzene rings is 2. The molecule has 6 nitrogen and oxygen atoms in total. The third-order valence-corrected chi connectivity index (χ3v) is 4.07. The summed E-state index contributed by atoms with van der Waals surface area (Å²) in [6.45, 7) is 1.42. The molecule has 1 saturated heterocycles. The lowest BCUT2D eigenvalue weighted by Gasteiger charge is -2.30. The maximum absolute atomic E-state index is 12.9. The zero-order valence-corrected chi connectivity index (χ0v) is 14.7. The number of carbonyl (C=O) groups is 2. The van der Waals surface area contributed by atoms with Crippen LogP contribution in [0, 0.1) is 5.82 Å².